The fraction of sp³-hybridized carbons (Fsp3) is 0.333. The number of H-pyrrole nitrogens is 1. The second kappa shape index (κ2) is 12.1. The van der Waals surface area contributed by atoms with E-state index in [0.29, 0.717) is 18.3 Å². The number of hydrogen-bond acceptors (Lipinski definition) is 8. The van der Waals surface area contributed by atoms with Crippen LogP contribution in [0.5, 0.6) is 5.75 Å². The van der Waals surface area contributed by atoms with E-state index in [9.17, 15) is 0 Å². The average molecular weight is 614 g/mol. The molecule has 6 aromatic rings. The van der Waals surface area contributed by atoms with Crippen LogP contribution in [0.15, 0.2) is 79.1 Å². The Morgan fingerprint density at radius 3 is 2.43 bits per heavy atom. The molecule has 3 N–H and O–H groups in total. The molecular formula is C36H39N9O. The van der Waals surface area contributed by atoms with Crippen molar-refractivity contribution in [2.24, 2.45) is 0 Å². The number of hydrogen-bond donors (Lipinski definition) is 2. The summed E-state index contributed by atoms with van der Waals surface area (Å²) in [7, 11) is 1.70. The number of benzene rings is 3. The highest BCUT2D eigenvalue weighted by atomic mass is 16.5. The molecule has 1 saturated heterocycles. The van der Waals surface area contributed by atoms with Crippen molar-refractivity contribution >= 4 is 33.6 Å². The number of piperazine rings is 1. The predicted molar refractivity (Wildman–Crippen MR) is 182 cm³/mol. The normalized spacial score (nSPS) is 19.2. The quantitative estimate of drug-likeness (QED) is 0.230. The van der Waals surface area contributed by atoms with Gasteiger partial charge in [-0.15, -0.1) is 0 Å². The van der Waals surface area contributed by atoms with Crippen LogP contribution in [0.3, 0.4) is 0 Å². The molecule has 4 heterocycles. The van der Waals surface area contributed by atoms with Gasteiger partial charge in [-0.2, -0.15) is 5.10 Å². The minimum Gasteiger partial charge on any atom is -0.496 e. The highest BCUT2D eigenvalue weighted by molar-refractivity contribution is 5.99. The largest absolute Gasteiger partial charge is 0.496 e. The number of nitrogens with zero attached hydrogens (tertiary/aromatic N) is 7. The van der Waals surface area contributed by atoms with Gasteiger partial charge in [-0.1, -0.05) is 42.5 Å². The number of para-hydroxylation sites is 2. The molecule has 3 aromatic carbocycles. The number of nitrogens with one attached hydrogen (secondary N) is 1. The van der Waals surface area contributed by atoms with Crippen molar-refractivity contribution in [3.63, 3.8) is 0 Å². The lowest BCUT2D eigenvalue weighted by Gasteiger charge is -2.42. The Hall–Kier alpha value is -4.96. The van der Waals surface area contributed by atoms with Crippen molar-refractivity contribution in [1.29, 1.82) is 0 Å². The number of ether oxygens (including phenoxy) is 1. The van der Waals surface area contributed by atoms with Gasteiger partial charge in [0.25, 0.3) is 0 Å². The molecule has 0 spiro atoms. The molecule has 10 nitrogen and oxygen atoms in total. The lowest BCUT2D eigenvalue weighted by molar-refractivity contribution is 0.129. The Bertz CT molecular complexity index is 1970. The zero-order valence-electron chi connectivity index (χ0n) is 26.1. The average Bonchev–Trinajstić information content (AvgIpc) is 3.71. The third kappa shape index (κ3) is 5.32. The standard InChI is InChI=1S/C36H39N9O/c1-46-31-10-6-5-7-24(31)22-32-40-29-16-11-25(21-30(29)41-32)34-33-35(37)38-23-39-36(33)45(42-34)28-14-12-27(13-15-28)44-19-17-43(18-20-44)26-8-3-2-4-9-26/h2-11,16,21,23,27-28H,12-15,17-20,22H2,1H3,(H,40,41)(H2,37,38,39)/t27-,28-. The maximum Gasteiger partial charge on any atom is 0.164 e. The van der Waals surface area contributed by atoms with Gasteiger partial charge in [-0.3, -0.25) is 4.90 Å². The van der Waals surface area contributed by atoms with E-state index >= 15 is 0 Å². The minimum atomic E-state index is 0.274. The topological polar surface area (TPSA) is 114 Å². The van der Waals surface area contributed by atoms with Crippen LogP contribution in [0, 0.1) is 0 Å². The SMILES string of the molecule is COc1ccccc1Cc1nc2ccc(-c3nn([C@H]4CC[C@H](N5CCN(c6ccccc6)CC5)CC4)c4ncnc(N)c34)cc2[nH]1. The van der Waals surface area contributed by atoms with Gasteiger partial charge in [0.1, 0.15) is 29.4 Å². The molecule has 2 aliphatic rings. The number of methoxy groups -OCH3 is 1. The number of fused-ring (bicyclic) bond motifs is 2. The molecule has 0 amide bonds. The highest BCUT2D eigenvalue weighted by Crippen LogP contribution is 2.38. The third-order valence-corrected chi connectivity index (χ3v) is 9.84. The summed E-state index contributed by atoms with van der Waals surface area (Å²) in [4.78, 5) is 22.6. The molecule has 8 rings (SSSR count). The van der Waals surface area contributed by atoms with E-state index in [-0.39, 0.29) is 6.04 Å². The van der Waals surface area contributed by atoms with Gasteiger partial charge < -0.3 is 20.4 Å². The van der Waals surface area contributed by atoms with Gasteiger partial charge >= 0.3 is 0 Å². The van der Waals surface area contributed by atoms with Crippen LogP contribution in [0.1, 0.15) is 43.1 Å². The van der Waals surface area contributed by atoms with Gasteiger partial charge in [0, 0.05) is 55.5 Å². The second-order valence-electron chi connectivity index (χ2n) is 12.5. The lowest BCUT2D eigenvalue weighted by atomic mass is 9.90. The molecule has 3 aromatic heterocycles. The first-order chi connectivity index (χ1) is 22.6. The molecule has 46 heavy (non-hydrogen) atoms. The van der Waals surface area contributed by atoms with Gasteiger partial charge in [0.05, 0.1) is 29.6 Å². The highest BCUT2D eigenvalue weighted by Gasteiger charge is 2.31. The van der Waals surface area contributed by atoms with Gasteiger partial charge in [-0.25, -0.2) is 19.6 Å². The van der Waals surface area contributed by atoms with Gasteiger partial charge in [-0.05, 0) is 56.0 Å². The molecule has 2 fully saturated rings. The Kier molecular flexibility index (Phi) is 7.49. The lowest BCUT2D eigenvalue weighted by Crippen LogP contribution is -2.51. The van der Waals surface area contributed by atoms with E-state index in [2.05, 4.69) is 73.0 Å². The van der Waals surface area contributed by atoms with E-state index < -0.39 is 0 Å². The molecule has 234 valence electrons. The predicted octanol–water partition coefficient (Wildman–Crippen LogP) is 5.86. The molecule has 10 heteroatoms. The summed E-state index contributed by atoms with van der Waals surface area (Å²) in [6, 6.07) is 25.9. The fourth-order valence-electron chi connectivity index (χ4n) is 7.43. The van der Waals surface area contributed by atoms with Crippen LogP contribution in [-0.4, -0.2) is 73.9 Å². The third-order valence-electron chi connectivity index (χ3n) is 9.84. The Morgan fingerprint density at radius 2 is 1.63 bits per heavy atom. The monoisotopic (exact) mass is 613 g/mol. The zero-order valence-corrected chi connectivity index (χ0v) is 26.1. The van der Waals surface area contributed by atoms with Crippen LogP contribution in [-0.2, 0) is 6.42 Å². The Balaban J connectivity index is 1.01. The van der Waals surface area contributed by atoms with Crippen LogP contribution in [0.4, 0.5) is 11.5 Å². The summed E-state index contributed by atoms with van der Waals surface area (Å²) in [5, 5.41) is 6.01. The number of aromatic nitrogens is 6. The maximum absolute atomic E-state index is 6.49. The number of nitrogen functional groups attached to an aromatic ring is 1. The van der Waals surface area contributed by atoms with E-state index in [1.807, 2.05) is 24.3 Å². The molecule has 1 aliphatic heterocycles. The Morgan fingerprint density at radius 1 is 0.870 bits per heavy atom. The summed E-state index contributed by atoms with van der Waals surface area (Å²) in [6.07, 6.45) is 6.65. The molecule has 0 radical (unpaired) electrons. The summed E-state index contributed by atoms with van der Waals surface area (Å²) < 4.78 is 7.67. The smallest absolute Gasteiger partial charge is 0.164 e. The van der Waals surface area contributed by atoms with Crippen molar-refractivity contribution in [1.82, 2.24) is 34.6 Å². The maximum atomic E-state index is 6.49. The first-order valence-corrected chi connectivity index (χ1v) is 16.3. The van der Waals surface area contributed by atoms with E-state index in [1.54, 1.807) is 13.4 Å². The van der Waals surface area contributed by atoms with Crippen LogP contribution < -0.4 is 15.4 Å². The molecular weight excluding hydrogens is 574 g/mol. The number of nitrogens with two attached hydrogens (primary N) is 1. The van der Waals surface area contributed by atoms with E-state index in [0.717, 1.165) is 102 Å². The van der Waals surface area contributed by atoms with Crippen molar-refractivity contribution in [2.45, 2.75) is 44.2 Å². The van der Waals surface area contributed by atoms with Crippen LogP contribution in [0.25, 0.3) is 33.3 Å². The van der Waals surface area contributed by atoms with E-state index in [4.69, 9.17) is 25.5 Å². The van der Waals surface area contributed by atoms with Crippen molar-refractivity contribution in [3.05, 3.63) is 90.5 Å². The van der Waals surface area contributed by atoms with Crippen molar-refractivity contribution in [2.75, 3.05) is 43.9 Å². The Labute approximate surface area is 268 Å². The van der Waals surface area contributed by atoms with Gasteiger partial charge in [0.15, 0.2) is 5.65 Å². The number of anilines is 2. The first-order valence-electron chi connectivity index (χ1n) is 16.3. The molecule has 1 saturated carbocycles. The fourth-order valence-corrected chi connectivity index (χ4v) is 7.43. The number of rotatable bonds is 7. The number of imidazole rings is 1. The van der Waals surface area contributed by atoms with E-state index in [1.165, 1.54) is 5.69 Å². The summed E-state index contributed by atoms with van der Waals surface area (Å²) in [5.41, 5.74) is 13.4. The number of aromatic amines is 1. The minimum absolute atomic E-state index is 0.274. The molecule has 0 atom stereocenters. The summed E-state index contributed by atoms with van der Waals surface area (Å²) >= 11 is 0. The van der Waals surface area contributed by atoms with Crippen molar-refractivity contribution < 1.29 is 4.74 Å². The first kappa shape index (κ1) is 28.5. The molecule has 1 aliphatic carbocycles. The van der Waals surface area contributed by atoms with Crippen molar-refractivity contribution in [3.8, 4) is 17.0 Å². The zero-order chi connectivity index (χ0) is 31.0. The molecule has 0 bridgehead atoms. The van der Waals surface area contributed by atoms with Gasteiger partial charge in [0.2, 0.25) is 0 Å². The second-order valence-corrected chi connectivity index (χ2v) is 12.5. The van der Waals surface area contributed by atoms with Crippen LogP contribution in [0.2, 0.25) is 0 Å². The van der Waals surface area contributed by atoms with Crippen LogP contribution >= 0.6 is 0 Å². The summed E-state index contributed by atoms with van der Waals surface area (Å²) in [6.45, 7) is 4.38. The molecule has 0 unspecified atom stereocenters. The summed E-state index contributed by atoms with van der Waals surface area (Å²) in [5.74, 6) is 2.20.